The summed E-state index contributed by atoms with van der Waals surface area (Å²) < 4.78 is 1.81. The molecule has 0 fully saturated rings. The number of rotatable bonds is 2. The molecule has 0 aliphatic carbocycles. The van der Waals surface area contributed by atoms with Gasteiger partial charge in [0.1, 0.15) is 5.69 Å². The SMILES string of the molecule is Cn1nc(-c2ccccc2)c2c(C=O)cccc21. The molecule has 0 amide bonds. The maximum atomic E-state index is 11.2. The average Bonchev–Trinajstić information content (AvgIpc) is 2.77. The quantitative estimate of drug-likeness (QED) is 0.641. The van der Waals surface area contributed by atoms with Crippen molar-refractivity contribution in [2.45, 2.75) is 0 Å². The van der Waals surface area contributed by atoms with Crippen LogP contribution in [0.4, 0.5) is 0 Å². The van der Waals surface area contributed by atoms with Crippen LogP contribution in [0.25, 0.3) is 22.2 Å². The molecule has 0 atom stereocenters. The topological polar surface area (TPSA) is 34.9 Å². The Kier molecular flexibility index (Phi) is 2.45. The Hall–Kier alpha value is -2.42. The van der Waals surface area contributed by atoms with Crippen LogP contribution in [-0.2, 0) is 7.05 Å². The van der Waals surface area contributed by atoms with E-state index in [9.17, 15) is 4.79 Å². The van der Waals surface area contributed by atoms with Crippen molar-refractivity contribution in [3.63, 3.8) is 0 Å². The zero-order chi connectivity index (χ0) is 12.5. The van der Waals surface area contributed by atoms with Gasteiger partial charge in [0.05, 0.1) is 5.52 Å². The van der Waals surface area contributed by atoms with Crippen molar-refractivity contribution >= 4 is 17.2 Å². The van der Waals surface area contributed by atoms with Gasteiger partial charge in [-0.3, -0.25) is 9.48 Å². The molecule has 3 rings (SSSR count). The zero-order valence-electron chi connectivity index (χ0n) is 10.00. The monoisotopic (exact) mass is 236 g/mol. The van der Waals surface area contributed by atoms with E-state index in [1.54, 1.807) is 0 Å². The number of benzene rings is 2. The second-order valence-electron chi connectivity index (χ2n) is 4.20. The maximum Gasteiger partial charge on any atom is 0.150 e. The Balaban J connectivity index is 2.40. The highest BCUT2D eigenvalue weighted by molar-refractivity contribution is 6.04. The first-order valence-electron chi connectivity index (χ1n) is 5.77. The van der Waals surface area contributed by atoms with Gasteiger partial charge >= 0.3 is 0 Å². The Labute approximate surface area is 105 Å². The molecule has 1 aromatic heterocycles. The molecule has 2 aromatic carbocycles. The van der Waals surface area contributed by atoms with E-state index in [4.69, 9.17) is 0 Å². The molecular formula is C15H12N2O. The van der Waals surface area contributed by atoms with E-state index in [0.717, 1.165) is 28.4 Å². The number of fused-ring (bicyclic) bond motifs is 1. The van der Waals surface area contributed by atoms with Crippen molar-refractivity contribution in [2.75, 3.05) is 0 Å². The van der Waals surface area contributed by atoms with Crippen molar-refractivity contribution in [3.8, 4) is 11.3 Å². The summed E-state index contributed by atoms with van der Waals surface area (Å²) in [5.41, 5.74) is 3.53. The molecule has 3 aromatic rings. The molecule has 0 aliphatic heterocycles. The van der Waals surface area contributed by atoms with Gasteiger partial charge < -0.3 is 0 Å². The molecule has 3 nitrogen and oxygen atoms in total. The number of hydrogen-bond acceptors (Lipinski definition) is 2. The number of carbonyl (C=O) groups is 1. The van der Waals surface area contributed by atoms with Crippen LogP contribution in [0.5, 0.6) is 0 Å². The first kappa shape index (κ1) is 10.7. The second kappa shape index (κ2) is 4.11. The predicted molar refractivity (Wildman–Crippen MR) is 71.5 cm³/mol. The van der Waals surface area contributed by atoms with Gasteiger partial charge in [-0.25, -0.2) is 0 Å². The molecule has 0 unspecified atom stereocenters. The lowest BCUT2D eigenvalue weighted by atomic mass is 10.0. The maximum absolute atomic E-state index is 11.2. The highest BCUT2D eigenvalue weighted by atomic mass is 16.1. The lowest BCUT2D eigenvalue weighted by Crippen LogP contribution is -1.89. The fourth-order valence-corrected chi connectivity index (χ4v) is 2.24. The number of nitrogens with zero attached hydrogens (tertiary/aromatic N) is 2. The summed E-state index contributed by atoms with van der Waals surface area (Å²) >= 11 is 0. The molecule has 3 heteroatoms. The summed E-state index contributed by atoms with van der Waals surface area (Å²) in [5.74, 6) is 0. The molecule has 0 saturated carbocycles. The molecule has 0 saturated heterocycles. The minimum Gasteiger partial charge on any atom is -0.298 e. The van der Waals surface area contributed by atoms with E-state index in [1.807, 2.05) is 60.3 Å². The smallest absolute Gasteiger partial charge is 0.150 e. The van der Waals surface area contributed by atoms with Gasteiger partial charge in [-0.05, 0) is 6.07 Å². The molecule has 0 aliphatic rings. The normalized spacial score (nSPS) is 10.7. The number of aryl methyl sites for hydroxylation is 1. The number of hydrogen-bond donors (Lipinski definition) is 0. The van der Waals surface area contributed by atoms with E-state index < -0.39 is 0 Å². The minimum atomic E-state index is 0.680. The summed E-state index contributed by atoms with van der Waals surface area (Å²) in [7, 11) is 1.89. The van der Waals surface area contributed by atoms with Crippen molar-refractivity contribution in [1.29, 1.82) is 0 Å². The van der Waals surface area contributed by atoms with E-state index in [1.165, 1.54) is 0 Å². The molecule has 0 bridgehead atoms. The lowest BCUT2D eigenvalue weighted by Gasteiger charge is -1.99. The van der Waals surface area contributed by atoms with Gasteiger partial charge in [0.2, 0.25) is 0 Å². The van der Waals surface area contributed by atoms with Crippen molar-refractivity contribution in [2.24, 2.45) is 7.05 Å². The largest absolute Gasteiger partial charge is 0.298 e. The summed E-state index contributed by atoms with van der Waals surface area (Å²) in [6.45, 7) is 0. The van der Waals surface area contributed by atoms with Crippen LogP contribution >= 0.6 is 0 Å². The summed E-state index contributed by atoms with van der Waals surface area (Å²) in [6.07, 6.45) is 0.885. The third-order valence-corrected chi connectivity index (χ3v) is 3.08. The highest BCUT2D eigenvalue weighted by Crippen LogP contribution is 2.29. The Morgan fingerprint density at radius 2 is 1.83 bits per heavy atom. The summed E-state index contributed by atoms with van der Waals surface area (Å²) in [5, 5.41) is 5.44. The molecule has 0 N–H and O–H groups in total. The Morgan fingerprint density at radius 3 is 2.56 bits per heavy atom. The van der Waals surface area contributed by atoms with Gasteiger partial charge in [0.25, 0.3) is 0 Å². The molecular weight excluding hydrogens is 224 g/mol. The van der Waals surface area contributed by atoms with E-state index in [2.05, 4.69) is 5.10 Å². The van der Waals surface area contributed by atoms with E-state index in [0.29, 0.717) is 5.56 Å². The fraction of sp³-hybridized carbons (Fsp3) is 0.0667. The van der Waals surface area contributed by atoms with Crippen LogP contribution < -0.4 is 0 Å². The zero-order valence-corrected chi connectivity index (χ0v) is 10.00. The van der Waals surface area contributed by atoms with Crippen LogP contribution in [0.1, 0.15) is 10.4 Å². The van der Waals surface area contributed by atoms with Crippen LogP contribution in [0.2, 0.25) is 0 Å². The van der Waals surface area contributed by atoms with Crippen LogP contribution in [0.15, 0.2) is 48.5 Å². The van der Waals surface area contributed by atoms with Crippen LogP contribution in [-0.4, -0.2) is 16.1 Å². The van der Waals surface area contributed by atoms with Crippen LogP contribution in [0.3, 0.4) is 0 Å². The number of carbonyl (C=O) groups excluding carboxylic acids is 1. The van der Waals surface area contributed by atoms with Crippen LogP contribution in [0, 0.1) is 0 Å². The van der Waals surface area contributed by atoms with E-state index >= 15 is 0 Å². The first-order chi connectivity index (χ1) is 8.81. The first-order valence-corrected chi connectivity index (χ1v) is 5.77. The Morgan fingerprint density at radius 1 is 1.06 bits per heavy atom. The number of aromatic nitrogens is 2. The molecule has 0 spiro atoms. The minimum absolute atomic E-state index is 0.680. The predicted octanol–water partition coefficient (Wildman–Crippen LogP) is 3.05. The van der Waals surface area contributed by atoms with Crippen molar-refractivity contribution in [3.05, 3.63) is 54.1 Å². The van der Waals surface area contributed by atoms with Crippen molar-refractivity contribution in [1.82, 2.24) is 9.78 Å². The standard InChI is InChI=1S/C15H12N2O/c1-17-13-9-5-8-12(10-18)14(13)15(16-17)11-6-3-2-4-7-11/h2-10H,1H3. The molecule has 18 heavy (non-hydrogen) atoms. The molecule has 0 radical (unpaired) electrons. The van der Waals surface area contributed by atoms with Gasteiger partial charge in [0.15, 0.2) is 6.29 Å². The number of aldehydes is 1. The average molecular weight is 236 g/mol. The van der Waals surface area contributed by atoms with Gasteiger partial charge in [-0.1, -0.05) is 42.5 Å². The summed E-state index contributed by atoms with van der Waals surface area (Å²) in [6, 6.07) is 15.6. The third-order valence-electron chi connectivity index (χ3n) is 3.08. The van der Waals surface area contributed by atoms with Gasteiger partial charge in [0, 0.05) is 23.6 Å². The second-order valence-corrected chi connectivity index (χ2v) is 4.20. The highest BCUT2D eigenvalue weighted by Gasteiger charge is 2.13. The van der Waals surface area contributed by atoms with Gasteiger partial charge in [-0.15, -0.1) is 0 Å². The lowest BCUT2D eigenvalue weighted by molar-refractivity contribution is 0.112. The molecule has 88 valence electrons. The fourth-order valence-electron chi connectivity index (χ4n) is 2.24. The van der Waals surface area contributed by atoms with Gasteiger partial charge in [-0.2, -0.15) is 5.10 Å². The van der Waals surface area contributed by atoms with Crippen molar-refractivity contribution < 1.29 is 4.79 Å². The third kappa shape index (κ3) is 1.52. The Bertz CT molecular complexity index is 714. The molecule has 1 heterocycles. The van der Waals surface area contributed by atoms with E-state index in [-0.39, 0.29) is 0 Å². The summed E-state index contributed by atoms with van der Waals surface area (Å²) in [4.78, 5) is 11.2.